The summed E-state index contributed by atoms with van der Waals surface area (Å²) in [6, 6.07) is 0. The van der Waals surface area contributed by atoms with Crippen molar-refractivity contribution >= 4 is 5.69 Å². The van der Waals surface area contributed by atoms with Gasteiger partial charge in [0.25, 0.3) is 0 Å². The van der Waals surface area contributed by atoms with Crippen LogP contribution >= 0.6 is 0 Å². The third-order valence-corrected chi connectivity index (χ3v) is 1.93. The lowest BCUT2D eigenvalue weighted by atomic mass is 10.3. The van der Waals surface area contributed by atoms with E-state index in [-0.39, 0.29) is 0 Å². The van der Waals surface area contributed by atoms with Gasteiger partial charge in [-0.05, 0) is 26.9 Å². The standard InChI is InChI=1S/C9H18N4/c1-8-9(7-13(3)12-8)11-6-4-5-10-2/h7,10-11H,4-6H2,1-3H3. The molecule has 74 valence electrons. The Kier molecular flexibility index (Phi) is 3.76. The molecule has 1 aromatic rings. The molecule has 0 aromatic carbocycles. The van der Waals surface area contributed by atoms with E-state index in [2.05, 4.69) is 15.7 Å². The van der Waals surface area contributed by atoms with E-state index in [4.69, 9.17) is 0 Å². The first-order chi connectivity index (χ1) is 6.24. The molecule has 4 nitrogen and oxygen atoms in total. The number of nitrogens with one attached hydrogen (secondary N) is 2. The minimum Gasteiger partial charge on any atom is -0.382 e. The molecular weight excluding hydrogens is 164 g/mol. The van der Waals surface area contributed by atoms with Crippen LogP contribution in [0.3, 0.4) is 0 Å². The SMILES string of the molecule is CNCCCNc1cn(C)nc1C. The minimum atomic E-state index is 0.993. The fraction of sp³-hybridized carbons (Fsp3) is 0.667. The van der Waals surface area contributed by atoms with Gasteiger partial charge < -0.3 is 10.6 Å². The summed E-state index contributed by atoms with van der Waals surface area (Å²) in [5.41, 5.74) is 2.20. The van der Waals surface area contributed by atoms with Crippen molar-refractivity contribution in [3.63, 3.8) is 0 Å². The third kappa shape index (κ3) is 3.06. The van der Waals surface area contributed by atoms with Crippen molar-refractivity contribution in [2.75, 3.05) is 25.5 Å². The average molecular weight is 182 g/mol. The molecule has 0 unspecified atom stereocenters. The molecule has 1 aromatic heterocycles. The zero-order valence-electron chi connectivity index (χ0n) is 8.59. The molecule has 0 spiro atoms. The maximum Gasteiger partial charge on any atom is 0.0824 e. The summed E-state index contributed by atoms with van der Waals surface area (Å²) >= 11 is 0. The monoisotopic (exact) mass is 182 g/mol. The van der Waals surface area contributed by atoms with E-state index >= 15 is 0 Å². The maximum absolute atomic E-state index is 4.25. The highest BCUT2D eigenvalue weighted by Crippen LogP contribution is 2.10. The highest BCUT2D eigenvalue weighted by Gasteiger charge is 2.00. The number of hydrogen-bond acceptors (Lipinski definition) is 3. The predicted molar refractivity (Wildman–Crippen MR) is 55.0 cm³/mol. The molecular formula is C9H18N4. The molecule has 1 rings (SSSR count). The van der Waals surface area contributed by atoms with Gasteiger partial charge in [-0.15, -0.1) is 0 Å². The van der Waals surface area contributed by atoms with Crippen molar-refractivity contribution in [2.24, 2.45) is 7.05 Å². The molecule has 1 heterocycles. The largest absolute Gasteiger partial charge is 0.382 e. The molecule has 0 aliphatic carbocycles. The first-order valence-electron chi connectivity index (χ1n) is 4.62. The summed E-state index contributed by atoms with van der Waals surface area (Å²) in [7, 11) is 3.90. The van der Waals surface area contributed by atoms with E-state index < -0.39 is 0 Å². The Morgan fingerprint density at radius 3 is 2.77 bits per heavy atom. The lowest BCUT2D eigenvalue weighted by Crippen LogP contribution is -2.12. The lowest BCUT2D eigenvalue weighted by Gasteiger charge is -2.03. The van der Waals surface area contributed by atoms with Crippen LogP contribution in [0.5, 0.6) is 0 Å². The summed E-state index contributed by atoms with van der Waals surface area (Å²) in [6.45, 7) is 4.06. The molecule has 0 saturated carbocycles. The van der Waals surface area contributed by atoms with Gasteiger partial charge in [0.15, 0.2) is 0 Å². The number of hydrogen-bond donors (Lipinski definition) is 2. The van der Waals surface area contributed by atoms with E-state index in [1.54, 1.807) is 0 Å². The summed E-state index contributed by atoms with van der Waals surface area (Å²) in [6.07, 6.45) is 3.14. The van der Waals surface area contributed by atoms with Gasteiger partial charge in [-0.2, -0.15) is 5.10 Å². The van der Waals surface area contributed by atoms with Crippen molar-refractivity contribution in [2.45, 2.75) is 13.3 Å². The van der Waals surface area contributed by atoms with Crippen LogP contribution in [-0.2, 0) is 7.05 Å². The van der Waals surface area contributed by atoms with E-state index in [0.717, 1.165) is 30.9 Å². The highest BCUT2D eigenvalue weighted by atomic mass is 15.3. The van der Waals surface area contributed by atoms with E-state index in [1.165, 1.54) is 0 Å². The van der Waals surface area contributed by atoms with Gasteiger partial charge in [0, 0.05) is 19.8 Å². The third-order valence-electron chi connectivity index (χ3n) is 1.93. The highest BCUT2D eigenvalue weighted by molar-refractivity contribution is 5.45. The van der Waals surface area contributed by atoms with Crippen molar-refractivity contribution < 1.29 is 0 Å². The van der Waals surface area contributed by atoms with Crippen LogP contribution in [0.1, 0.15) is 12.1 Å². The first kappa shape index (κ1) is 10.1. The number of anilines is 1. The zero-order chi connectivity index (χ0) is 9.68. The summed E-state index contributed by atoms with van der Waals surface area (Å²) in [5.74, 6) is 0. The summed E-state index contributed by atoms with van der Waals surface area (Å²) in [4.78, 5) is 0. The molecule has 2 N–H and O–H groups in total. The Bertz CT molecular complexity index is 254. The van der Waals surface area contributed by atoms with E-state index in [0.29, 0.717) is 0 Å². The molecule has 0 saturated heterocycles. The molecule has 13 heavy (non-hydrogen) atoms. The average Bonchev–Trinajstić information content (AvgIpc) is 2.39. The normalized spacial score (nSPS) is 10.4. The smallest absolute Gasteiger partial charge is 0.0824 e. The molecule has 0 atom stereocenters. The van der Waals surface area contributed by atoms with Crippen LogP contribution in [0.15, 0.2) is 6.20 Å². The molecule has 0 radical (unpaired) electrons. The van der Waals surface area contributed by atoms with Gasteiger partial charge in [-0.1, -0.05) is 0 Å². The topological polar surface area (TPSA) is 41.9 Å². The van der Waals surface area contributed by atoms with Crippen LogP contribution < -0.4 is 10.6 Å². The first-order valence-corrected chi connectivity index (χ1v) is 4.62. The molecule has 0 aliphatic heterocycles. The van der Waals surface area contributed by atoms with Crippen molar-refractivity contribution in [1.82, 2.24) is 15.1 Å². The molecule has 0 amide bonds. The van der Waals surface area contributed by atoms with Crippen LogP contribution in [0, 0.1) is 6.92 Å². The molecule has 4 heteroatoms. The second kappa shape index (κ2) is 4.87. The predicted octanol–water partition coefficient (Wildman–Crippen LogP) is 0.750. The second-order valence-electron chi connectivity index (χ2n) is 3.19. The summed E-state index contributed by atoms with van der Waals surface area (Å²) < 4.78 is 1.83. The Hall–Kier alpha value is -1.03. The van der Waals surface area contributed by atoms with E-state index in [9.17, 15) is 0 Å². The lowest BCUT2D eigenvalue weighted by molar-refractivity contribution is 0.747. The van der Waals surface area contributed by atoms with Crippen molar-refractivity contribution in [1.29, 1.82) is 0 Å². The minimum absolute atomic E-state index is 0.993. The molecule has 0 bridgehead atoms. The Morgan fingerprint density at radius 1 is 1.46 bits per heavy atom. The molecule has 0 fully saturated rings. The maximum atomic E-state index is 4.25. The van der Waals surface area contributed by atoms with Gasteiger partial charge in [-0.3, -0.25) is 4.68 Å². The van der Waals surface area contributed by atoms with E-state index in [1.807, 2.05) is 31.9 Å². The van der Waals surface area contributed by atoms with Gasteiger partial charge in [0.1, 0.15) is 0 Å². The van der Waals surface area contributed by atoms with Crippen molar-refractivity contribution in [3.8, 4) is 0 Å². The van der Waals surface area contributed by atoms with Crippen LogP contribution in [0.4, 0.5) is 5.69 Å². The zero-order valence-corrected chi connectivity index (χ0v) is 8.59. The van der Waals surface area contributed by atoms with Gasteiger partial charge in [0.2, 0.25) is 0 Å². The summed E-state index contributed by atoms with van der Waals surface area (Å²) in [5, 5.41) is 10.7. The van der Waals surface area contributed by atoms with Crippen molar-refractivity contribution in [3.05, 3.63) is 11.9 Å². The number of aryl methyl sites for hydroxylation is 2. The van der Waals surface area contributed by atoms with Gasteiger partial charge >= 0.3 is 0 Å². The van der Waals surface area contributed by atoms with Gasteiger partial charge in [0.05, 0.1) is 11.4 Å². The van der Waals surface area contributed by atoms with Gasteiger partial charge in [-0.25, -0.2) is 0 Å². The Morgan fingerprint density at radius 2 is 2.23 bits per heavy atom. The quantitative estimate of drug-likeness (QED) is 0.660. The Balaban J connectivity index is 2.32. The number of aromatic nitrogens is 2. The number of rotatable bonds is 5. The fourth-order valence-electron chi connectivity index (χ4n) is 1.26. The Labute approximate surface area is 79.3 Å². The second-order valence-corrected chi connectivity index (χ2v) is 3.19. The fourth-order valence-corrected chi connectivity index (χ4v) is 1.26. The van der Waals surface area contributed by atoms with Crippen LogP contribution in [0.25, 0.3) is 0 Å². The van der Waals surface area contributed by atoms with Crippen LogP contribution in [-0.4, -0.2) is 29.9 Å². The molecule has 0 aliphatic rings. The van der Waals surface area contributed by atoms with Crippen LogP contribution in [0.2, 0.25) is 0 Å². The number of nitrogens with zero attached hydrogens (tertiary/aromatic N) is 2.